The summed E-state index contributed by atoms with van der Waals surface area (Å²) in [7, 11) is 0. The van der Waals surface area contributed by atoms with E-state index in [0.29, 0.717) is 49.0 Å². The predicted octanol–water partition coefficient (Wildman–Crippen LogP) is 4.26. The quantitative estimate of drug-likeness (QED) is 0.636. The van der Waals surface area contributed by atoms with E-state index in [-0.39, 0.29) is 17.7 Å². The van der Waals surface area contributed by atoms with E-state index in [9.17, 15) is 9.59 Å². The van der Waals surface area contributed by atoms with Crippen LogP contribution in [0, 0.1) is 12.8 Å². The normalized spacial score (nSPS) is 14.2. The number of oxazole rings is 1. The molecule has 3 aromatic rings. The summed E-state index contributed by atoms with van der Waals surface area (Å²) in [6, 6.07) is 15.4. The molecular weight excluding hydrogens is 390 g/mol. The van der Waals surface area contributed by atoms with Crippen molar-refractivity contribution in [2.45, 2.75) is 20.8 Å². The van der Waals surface area contributed by atoms with Crippen molar-refractivity contribution in [1.82, 2.24) is 14.8 Å². The number of benzene rings is 2. The molecular formula is C25H27N3O3. The van der Waals surface area contributed by atoms with Crippen molar-refractivity contribution in [3.05, 3.63) is 65.9 Å². The molecule has 160 valence electrons. The molecule has 0 bridgehead atoms. The van der Waals surface area contributed by atoms with Crippen molar-refractivity contribution in [2.75, 3.05) is 26.2 Å². The van der Waals surface area contributed by atoms with Crippen LogP contribution < -0.4 is 0 Å². The van der Waals surface area contributed by atoms with E-state index in [2.05, 4.69) is 4.98 Å². The lowest BCUT2D eigenvalue weighted by atomic mass is 10.1. The molecule has 0 spiro atoms. The molecule has 0 atom stereocenters. The van der Waals surface area contributed by atoms with Crippen LogP contribution in [0.15, 0.2) is 59.1 Å². The maximum Gasteiger partial charge on any atom is 0.254 e. The Morgan fingerprint density at radius 1 is 0.935 bits per heavy atom. The second-order valence-corrected chi connectivity index (χ2v) is 8.21. The topological polar surface area (TPSA) is 66.7 Å². The van der Waals surface area contributed by atoms with E-state index in [4.69, 9.17) is 4.42 Å². The lowest BCUT2D eigenvalue weighted by Crippen LogP contribution is -2.51. The number of aryl methyl sites for hydroxylation is 1. The fourth-order valence-electron chi connectivity index (χ4n) is 3.77. The van der Waals surface area contributed by atoms with Crippen LogP contribution in [0.4, 0.5) is 0 Å². The second-order valence-electron chi connectivity index (χ2n) is 8.21. The van der Waals surface area contributed by atoms with E-state index in [0.717, 1.165) is 5.56 Å². The maximum atomic E-state index is 13.3. The van der Waals surface area contributed by atoms with Crippen molar-refractivity contribution < 1.29 is 14.0 Å². The summed E-state index contributed by atoms with van der Waals surface area (Å²) in [5.41, 5.74) is 3.35. The molecule has 1 fully saturated rings. The highest BCUT2D eigenvalue weighted by atomic mass is 16.4. The Hall–Kier alpha value is -3.41. The van der Waals surface area contributed by atoms with Gasteiger partial charge < -0.3 is 14.2 Å². The Kier molecular flexibility index (Phi) is 5.89. The molecule has 6 nitrogen and oxygen atoms in total. The molecule has 2 amide bonds. The van der Waals surface area contributed by atoms with Crippen LogP contribution in [0.1, 0.15) is 29.8 Å². The first-order chi connectivity index (χ1) is 14.9. The lowest BCUT2D eigenvalue weighted by Gasteiger charge is -2.35. The van der Waals surface area contributed by atoms with Gasteiger partial charge in [0.2, 0.25) is 11.8 Å². The minimum absolute atomic E-state index is 0.0317. The number of piperazine rings is 1. The number of amides is 2. The smallest absolute Gasteiger partial charge is 0.254 e. The van der Waals surface area contributed by atoms with Gasteiger partial charge in [-0.25, -0.2) is 4.98 Å². The third-order valence-electron chi connectivity index (χ3n) is 5.60. The summed E-state index contributed by atoms with van der Waals surface area (Å²) in [5, 5.41) is 0. The molecule has 0 radical (unpaired) electrons. The van der Waals surface area contributed by atoms with Crippen LogP contribution in [0.5, 0.6) is 0 Å². The van der Waals surface area contributed by atoms with Gasteiger partial charge in [0.25, 0.3) is 5.91 Å². The zero-order valence-corrected chi connectivity index (χ0v) is 18.2. The fourth-order valence-corrected chi connectivity index (χ4v) is 3.77. The van der Waals surface area contributed by atoms with Gasteiger partial charge in [-0.1, -0.05) is 55.8 Å². The summed E-state index contributed by atoms with van der Waals surface area (Å²) in [6.45, 7) is 7.99. The number of hydrogen-bond acceptors (Lipinski definition) is 4. The number of hydrogen-bond donors (Lipinski definition) is 0. The Bertz CT molecular complexity index is 1080. The molecule has 1 aliphatic rings. The van der Waals surface area contributed by atoms with Gasteiger partial charge in [0, 0.05) is 43.2 Å². The predicted molar refractivity (Wildman–Crippen MR) is 119 cm³/mol. The average Bonchev–Trinajstić information content (AvgIpc) is 3.29. The fraction of sp³-hybridized carbons (Fsp3) is 0.320. The SMILES string of the molecule is Cc1ccc(-c2cnc(-c3ccccc3C(=O)N3CCN(C(=O)C(C)C)CC3)o2)cc1. The van der Waals surface area contributed by atoms with Crippen molar-refractivity contribution in [2.24, 2.45) is 5.92 Å². The van der Waals surface area contributed by atoms with Gasteiger partial charge in [0.15, 0.2) is 5.76 Å². The summed E-state index contributed by atoms with van der Waals surface area (Å²) in [6.07, 6.45) is 1.69. The zero-order valence-electron chi connectivity index (χ0n) is 18.2. The average molecular weight is 418 g/mol. The summed E-state index contributed by atoms with van der Waals surface area (Å²) >= 11 is 0. The molecule has 1 aliphatic heterocycles. The molecule has 2 aromatic carbocycles. The van der Waals surface area contributed by atoms with Crippen LogP contribution in [-0.2, 0) is 4.79 Å². The van der Waals surface area contributed by atoms with E-state index < -0.39 is 0 Å². The summed E-state index contributed by atoms with van der Waals surface area (Å²) in [5.74, 6) is 1.13. The Balaban J connectivity index is 1.54. The molecule has 0 unspecified atom stereocenters. The maximum absolute atomic E-state index is 13.3. The largest absolute Gasteiger partial charge is 0.436 e. The number of nitrogens with zero attached hydrogens (tertiary/aromatic N) is 3. The minimum atomic E-state index is -0.0673. The van der Waals surface area contributed by atoms with E-state index in [1.54, 1.807) is 17.2 Å². The number of aromatic nitrogens is 1. The third kappa shape index (κ3) is 4.38. The van der Waals surface area contributed by atoms with Crippen LogP contribution in [0.3, 0.4) is 0 Å². The number of carbonyl (C=O) groups is 2. The number of carbonyl (C=O) groups excluding carboxylic acids is 2. The molecule has 31 heavy (non-hydrogen) atoms. The van der Waals surface area contributed by atoms with Gasteiger partial charge in [-0.3, -0.25) is 9.59 Å². The first-order valence-corrected chi connectivity index (χ1v) is 10.6. The van der Waals surface area contributed by atoms with Gasteiger partial charge in [-0.15, -0.1) is 0 Å². The molecule has 1 saturated heterocycles. The lowest BCUT2D eigenvalue weighted by molar-refractivity contribution is -0.135. The van der Waals surface area contributed by atoms with Crippen molar-refractivity contribution in [3.8, 4) is 22.8 Å². The molecule has 6 heteroatoms. The summed E-state index contributed by atoms with van der Waals surface area (Å²) < 4.78 is 6.01. The van der Waals surface area contributed by atoms with Crippen LogP contribution in [0.25, 0.3) is 22.8 Å². The molecule has 0 aliphatic carbocycles. The van der Waals surface area contributed by atoms with Gasteiger partial charge >= 0.3 is 0 Å². The monoisotopic (exact) mass is 417 g/mol. The molecule has 0 saturated carbocycles. The van der Waals surface area contributed by atoms with Crippen LogP contribution in [-0.4, -0.2) is 52.8 Å². The van der Waals surface area contributed by atoms with Gasteiger partial charge in [-0.05, 0) is 19.1 Å². The van der Waals surface area contributed by atoms with Crippen molar-refractivity contribution in [3.63, 3.8) is 0 Å². The first-order valence-electron chi connectivity index (χ1n) is 10.6. The van der Waals surface area contributed by atoms with Gasteiger partial charge in [-0.2, -0.15) is 0 Å². The second kappa shape index (κ2) is 8.76. The molecule has 4 rings (SSSR count). The zero-order chi connectivity index (χ0) is 22.0. The van der Waals surface area contributed by atoms with Gasteiger partial charge in [0.1, 0.15) is 0 Å². The first kappa shape index (κ1) is 20.8. The highest BCUT2D eigenvalue weighted by Crippen LogP contribution is 2.29. The van der Waals surface area contributed by atoms with E-state index in [1.807, 2.05) is 68.1 Å². The Morgan fingerprint density at radius 2 is 1.58 bits per heavy atom. The highest BCUT2D eigenvalue weighted by molar-refractivity contribution is 6.00. The van der Waals surface area contributed by atoms with Crippen LogP contribution >= 0.6 is 0 Å². The van der Waals surface area contributed by atoms with Crippen molar-refractivity contribution in [1.29, 1.82) is 0 Å². The highest BCUT2D eigenvalue weighted by Gasteiger charge is 2.27. The molecule has 1 aromatic heterocycles. The van der Waals surface area contributed by atoms with E-state index >= 15 is 0 Å². The summed E-state index contributed by atoms with van der Waals surface area (Å²) in [4.78, 5) is 33.6. The minimum Gasteiger partial charge on any atom is -0.436 e. The van der Waals surface area contributed by atoms with Gasteiger partial charge in [0.05, 0.1) is 11.8 Å². The molecule has 2 heterocycles. The number of rotatable bonds is 4. The third-order valence-corrected chi connectivity index (χ3v) is 5.60. The molecule has 0 N–H and O–H groups in total. The Morgan fingerprint density at radius 3 is 2.26 bits per heavy atom. The Labute approximate surface area is 182 Å². The standard InChI is InChI=1S/C25H27N3O3/c1-17(2)24(29)27-12-14-28(15-13-27)25(30)21-7-5-4-6-20(21)23-26-16-22(31-23)19-10-8-18(3)9-11-19/h4-11,16-17H,12-15H2,1-3H3. The van der Waals surface area contributed by atoms with Crippen LogP contribution in [0.2, 0.25) is 0 Å². The van der Waals surface area contributed by atoms with Crippen molar-refractivity contribution >= 4 is 11.8 Å². The van der Waals surface area contributed by atoms with E-state index in [1.165, 1.54) is 5.56 Å².